The molecule has 0 aliphatic carbocycles. The summed E-state index contributed by atoms with van der Waals surface area (Å²) in [6.07, 6.45) is -8.09. The summed E-state index contributed by atoms with van der Waals surface area (Å²) in [5, 5.41) is 0. The van der Waals surface area contributed by atoms with Crippen LogP contribution in [-0.4, -0.2) is 6.61 Å². The third-order valence-corrected chi connectivity index (χ3v) is 5.16. The summed E-state index contributed by atoms with van der Waals surface area (Å²) in [6, 6.07) is 11.0. The highest BCUT2D eigenvalue weighted by Crippen LogP contribution is 2.38. The van der Waals surface area contributed by atoms with E-state index in [1.165, 1.54) is 6.92 Å². The molecule has 0 fully saturated rings. The fraction of sp³-hybridized carbons (Fsp3) is 0.417. The fourth-order valence-corrected chi connectivity index (χ4v) is 3.15. The van der Waals surface area contributed by atoms with Crippen molar-refractivity contribution in [1.82, 2.24) is 0 Å². The molecule has 0 heterocycles. The van der Waals surface area contributed by atoms with Crippen molar-refractivity contribution in [2.75, 3.05) is 6.61 Å². The topological polar surface area (TPSA) is 9.23 Å². The molecule has 0 aliphatic heterocycles. The zero-order valence-corrected chi connectivity index (χ0v) is 17.9. The third kappa shape index (κ3) is 6.86. The molecule has 0 unspecified atom stereocenters. The first-order chi connectivity index (χ1) is 14.2. The number of ether oxygens (including phenoxy) is 1. The molecule has 0 spiro atoms. The average molecular weight is 444 g/mol. The highest BCUT2D eigenvalue weighted by atomic mass is 19.4. The van der Waals surface area contributed by atoms with E-state index in [1.54, 1.807) is 0 Å². The molecule has 31 heavy (non-hydrogen) atoms. The minimum absolute atomic E-state index is 0.124. The van der Waals surface area contributed by atoms with Gasteiger partial charge in [0.1, 0.15) is 0 Å². The summed E-state index contributed by atoms with van der Waals surface area (Å²) >= 11 is 0. The van der Waals surface area contributed by atoms with Gasteiger partial charge in [0.25, 0.3) is 0 Å². The molecular formula is C24H26F6O. The first kappa shape index (κ1) is 25.0. The summed E-state index contributed by atoms with van der Waals surface area (Å²) < 4.78 is 84.8. The van der Waals surface area contributed by atoms with Crippen LogP contribution in [0.3, 0.4) is 0 Å². The van der Waals surface area contributed by atoms with Crippen molar-refractivity contribution >= 4 is 0 Å². The number of rotatable bonds is 7. The van der Waals surface area contributed by atoms with Gasteiger partial charge >= 0.3 is 12.4 Å². The zero-order valence-electron chi connectivity index (χ0n) is 17.9. The highest BCUT2D eigenvalue weighted by Gasteiger charge is 2.37. The summed E-state index contributed by atoms with van der Waals surface area (Å²) in [5.74, 6) is 0. The average Bonchev–Trinajstić information content (AvgIpc) is 2.69. The Morgan fingerprint density at radius 1 is 0.871 bits per heavy atom. The lowest BCUT2D eigenvalue weighted by molar-refractivity contribution is -0.143. The highest BCUT2D eigenvalue weighted by molar-refractivity contribution is 5.35. The van der Waals surface area contributed by atoms with E-state index in [-0.39, 0.29) is 18.2 Å². The number of halogens is 6. The van der Waals surface area contributed by atoms with Gasteiger partial charge in [-0.25, -0.2) is 0 Å². The molecule has 2 atom stereocenters. The van der Waals surface area contributed by atoms with E-state index >= 15 is 0 Å². The molecule has 2 rings (SSSR count). The lowest BCUT2D eigenvalue weighted by Gasteiger charge is -2.31. The first-order valence-electron chi connectivity index (χ1n) is 9.82. The SMILES string of the molecule is CC(C)=CC[C@@](C)(CO[C@H](C)c1cc(C(F)(F)F)cc(C(F)(F)F)c1)c1ccccc1. The number of alkyl halides is 6. The fourth-order valence-electron chi connectivity index (χ4n) is 3.15. The van der Waals surface area contributed by atoms with Gasteiger partial charge in [-0.1, -0.05) is 48.9 Å². The van der Waals surface area contributed by atoms with E-state index < -0.39 is 35.0 Å². The maximum absolute atomic E-state index is 13.2. The lowest BCUT2D eigenvalue weighted by atomic mass is 9.79. The van der Waals surface area contributed by atoms with Gasteiger partial charge in [0.05, 0.1) is 23.8 Å². The van der Waals surface area contributed by atoms with E-state index in [4.69, 9.17) is 4.74 Å². The molecule has 0 bridgehead atoms. The van der Waals surface area contributed by atoms with Crippen LogP contribution in [0.15, 0.2) is 60.2 Å². The standard InChI is InChI=1S/C24H26F6O/c1-16(2)10-11-22(4,19-8-6-5-7-9-19)15-31-17(3)18-12-20(23(25,26)27)14-21(13-18)24(28,29)30/h5-10,12-14,17H,11,15H2,1-4H3/t17-,22+/m1/s1. The minimum Gasteiger partial charge on any atom is -0.373 e. The smallest absolute Gasteiger partial charge is 0.373 e. The van der Waals surface area contributed by atoms with E-state index in [2.05, 4.69) is 0 Å². The van der Waals surface area contributed by atoms with Gasteiger partial charge in [-0.2, -0.15) is 26.3 Å². The van der Waals surface area contributed by atoms with Crippen LogP contribution in [0.1, 0.15) is 62.5 Å². The summed E-state index contributed by atoms with van der Waals surface area (Å²) in [5.41, 5.74) is -1.28. The predicted octanol–water partition coefficient (Wildman–Crippen LogP) is 8.12. The summed E-state index contributed by atoms with van der Waals surface area (Å²) in [7, 11) is 0. The Balaban J connectivity index is 2.34. The quantitative estimate of drug-likeness (QED) is 0.310. The monoisotopic (exact) mass is 444 g/mol. The largest absolute Gasteiger partial charge is 0.416 e. The Morgan fingerprint density at radius 2 is 1.39 bits per heavy atom. The molecule has 1 nitrogen and oxygen atoms in total. The molecule has 170 valence electrons. The van der Waals surface area contributed by atoms with Gasteiger partial charge in [0.2, 0.25) is 0 Å². The normalized spacial score (nSPS) is 15.3. The lowest BCUT2D eigenvalue weighted by Crippen LogP contribution is -2.28. The number of benzene rings is 2. The Kier molecular flexibility index (Phi) is 7.63. The molecule has 0 saturated heterocycles. The Bertz CT molecular complexity index is 862. The van der Waals surface area contributed by atoms with Gasteiger partial charge in [-0.15, -0.1) is 0 Å². The van der Waals surface area contributed by atoms with Crippen LogP contribution in [0.25, 0.3) is 0 Å². The van der Waals surface area contributed by atoms with Crippen LogP contribution in [-0.2, 0) is 22.5 Å². The third-order valence-electron chi connectivity index (χ3n) is 5.16. The van der Waals surface area contributed by atoms with Crippen molar-refractivity contribution in [3.05, 3.63) is 82.4 Å². The van der Waals surface area contributed by atoms with E-state index in [1.807, 2.05) is 57.2 Å². The van der Waals surface area contributed by atoms with Crippen LogP contribution in [0.5, 0.6) is 0 Å². The van der Waals surface area contributed by atoms with E-state index in [9.17, 15) is 26.3 Å². The molecule has 7 heteroatoms. The second-order valence-corrected chi connectivity index (χ2v) is 8.20. The van der Waals surface area contributed by atoms with Crippen molar-refractivity contribution in [1.29, 1.82) is 0 Å². The van der Waals surface area contributed by atoms with Crippen molar-refractivity contribution in [2.45, 2.75) is 58.0 Å². The number of hydrogen-bond donors (Lipinski definition) is 0. The molecule has 2 aromatic rings. The second-order valence-electron chi connectivity index (χ2n) is 8.20. The van der Waals surface area contributed by atoms with Crippen LogP contribution < -0.4 is 0 Å². The van der Waals surface area contributed by atoms with Crippen LogP contribution in [0.4, 0.5) is 26.3 Å². The van der Waals surface area contributed by atoms with Gasteiger partial charge in [0.15, 0.2) is 0 Å². The predicted molar refractivity (Wildman–Crippen MR) is 109 cm³/mol. The molecular weight excluding hydrogens is 418 g/mol. The van der Waals surface area contributed by atoms with E-state index in [0.29, 0.717) is 6.42 Å². The van der Waals surface area contributed by atoms with Crippen molar-refractivity contribution < 1.29 is 31.1 Å². The summed E-state index contributed by atoms with van der Waals surface area (Å²) in [6.45, 7) is 7.45. The molecule has 0 aliphatic rings. The Hall–Kier alpha value is -2.28. The van der Waals surface area contributed by atoms with Gasteiger partial charge in [-0.05, 0) is 56.5 Å². The molecule has 0 aromatic heterocycles. The Morgan fingerprint density at radius 3 is 1.84 bits per heavy atom. The van der Waals surface area contributed by atoms with Gasteiger partial charge < -0.3 is 4.74 Å². The summed E-state index contributed by atoms with van der Waals surface area (Å²) in [4.78, 5) is 0. The molecule has 0 amide bonds. The van der Waals surface area contributed by atoms with Crippen LogP contribution >= 0.6 is 0 Å². The Labute approximate surface area is 178 Å². The molecule has 0 radical (unpaired) electrons. The van der Waals surface area contributed by atoms with Gasteiger partial charge in [0, 0.05) is 5.41 Å². The molecule has 0 saturated carbocycles. The van der Waals surface area contributed by atoms with E-state index in [0.717, 1.165) is 23.3 Å². The number of hydrogen-bond acceptors (Lipinski definition) is 1. The van der Waals surface area contributed by atoms with Crippen molar-refractivity contribution in [2.24, 2.45) is 0 Å². The van der Waals surface area contributed by atoms with Gasteiger partial charge in [-0.3, -0.25) is 0 Å². The molecule has 2 aromatic carbocycles. The van der Waals surface area contributed by atoms with Crippen LogP contribution in [0.2, 0.25) is 0 Å². The second kappa shape index (κ2) is 9.47. The number of allylic oxidation sites excluding steroid dienone is 2. The minimum atomic E-state index is -4.89. The van der Waals surface area contributed by atoms with Crippen molar-refractivity contribution in [3.63, 3.8) is 0 Å². The maximum Gasteiger partial charge on any atom is 0.416 e. The maximum atomic E-state index is 13.2. The van der Waals surface area contributed by atoms with Crippen LogP contribution in [0, 0.1) is 0 Å². The first-order valence-corrected chi connectivity index (χ1v) is 9.82. The molecule has 0 N–H and O–H groups in total. The van der Waals surface area contributed by atoms with Crippen molar-refractivity contribution in [3.8, 4) is 0 Å². The zero-order chi connectivity index (χ0) is 23.4.